The first kappa shape index (κ1) is 13.9. The van der Waals surface area contributed by atoms with E-state index in [1.807, 2.05) is 0 Å². The fraction of sp³-hybridized carbons (Fsp3) is 0.133. The van der Waals surface area contributed by atoms with Gasteiger partial charge in [-0.2, -0.15) is 0 Å². The van der Waals surface area contributed by atoms with Crippen molar-refractivity contribution in [3.63, 3.8) is 0 Å². The van der Waals surface area contributed by atoms with E-state index in [9.17, 15) is 9.18 Å². The van der Waals surface area contributed by atoms with Gasteiger partial charge in [-0.05, 0) is 30.3 Å². The molecule has 0 fully saturated rings. The Balaban J connectivity index is 1.83. The molecule has 0 saturated heterocycles. The maximum atomic E-state index is 13.6. The molecule has 0 bridgehead atoms. The van der Waals surface area contributed by atoms with Crippen LogP contribution < -0.4 is 14.2 Å². The van der Waals surface area contributed by atoms with E-state index in [4.69, 9.17) is 14.2 Å². The van der Waals surface area contributed by atoms with E-state index < -0.39 is 11.8 Å². The lowest BCUT2D eigenvalue weighted by molar-refractivity contribution is 0.0728. The number of hydrogen-bond acceptors (Lipinski definition) is 4. The number of benzene rings is 2. The SMILES string of the molecule is O=C(Oc1ccc2c(c1)OCCO2)c1cc(Br)ccc1F. The Morgan fingerprint density at radius 3 is 2.67 bits per heavy atom. The Labute approximate surface area is 128 Å². The van der Waals surface area contributed by atoms with Gasteiger partial charge in [-0.15, -0.1) is 0 Å². The Morgan fingerprint density at radius 2 is 1.86 bits per heavy atom. The van der Waals surface area contributed by atoms with Gasteiger partial charge in [0, 0.05) is 10.5 Å². The largest absolute Gasteiger partial charge is 0.486 e. The molecule has 21 heavy (non-hydrogen) atoms. The molecule has 0 radical (unpaired) electrons. The summed E-state index contributed by atoms with van der Waals surface area (Å²) in [6.07, 6.45) is 0. The van der Waals surface area contributed by atoms with Gasteiger partial charge in [0.1, 0.15) is 24.8 Å². The monoisotopic (exact) mass is 352 g/mol. The van der Waals surface area contributed by atoms with Crippen molar-refractivity contribution in [3.05, 3.63) is 52.3 Å². The summed E-state index contributed by atoms with van der Waals surface area (Å²) < 4.78 is 30.2. The molecule has 0 aromatic heterocycles. The van der Waals surface area contributed by atoms with Gasteiger partial charge < -0.3 is 14.2 Å². The quantitative estimate of drug-likeness (QED) is 0.612. The molecule has 4 nitrogen and oxygen atoms in total. The second kappa shape index (κ2) is 5.73. The average Bonchev–Trinajstić information content (AvgIpc) is 2.49. The zero-order valence-corrected chi connectivity index (χ0v) is 12.4. The number of fused-ring (bicyclic) bond motifs is 1. The smallest absolute Gasteiger partial charge is 0.346 e. The molecule has 0 aliphatic carbocycles. The first-order valence-corrected chi connectivity index (χ1v) is 7.00. The van der Waals surface area contributed by atoms with Crippen molar-refractivity contribution in [2.75, 3.05) is 13.2 Å². The van der Waals surface area contributed by atoms with Crippen molar-refractivity contribution in [2.24, 2.45) is 0 Å². The van der Waals surface area contributed by atoms with Gasteiger partial charge in [-0.3, -0.25) is 0 Å². The normalized spacial score (nSPS) is 12.9. The Morgan fingerprint density at radius 1 is 1.10 bits per heavy atom. The lowest BCUT2D eigenvalue weighted by Gasteiger charge is -2.18. The van der Waals surface area contributed by atoms with E-state index >= 15 is 0 Å². The van der Waals surface area contributed by atoms with Crippen molar-refractivity contribution in [1.29, 1.82) is 0 Å². The zero-order valence-electron chi connectivity index (χ0n) is 10.8. The zero-order chi connectivity index (χ0) is 14.8. The van der Waals surface area contributed by atoms with Gasteiger partial charge in [0.15, 0.2) is 11.5 Å². The molecule has 3 rings (SSSR count). The van der Waals surface area contributed by atoms with Crippen LogP contribution in [0.5, 0.6) is 17.2 Å². The fourth-order valence-electron chi connectivity index (χ4n) is 1.90. The minimum absolute atomic E-state index is 0.140. The van der Waals surface area contributed by atoms with Crippen molar-refractivity contribution in [1.82, 2.24) is 0 Å². The van der Waals surface area contributed by atoms with Gasteiger partial charge in [-0.25, -0.2) is 9.18 Å². The van der Waals surface area contributed by atoms with E-state index in [0.29, 0.717) is 29.2 Å². The van der Waals surface area contributed by atoms with Crippen LogP contribution in [0.25, 0.3) is 0 Å². The molecule has 0 unspecified atom stereocenters. The second-order valence-corrected chi connectivity index (χ2v) is 5.23. The number of carbonyl (C=O) groups excluding carboxylic acids is 1. The van der Waals surface area contributed by atoms with E-state index in [-0.39, 0.29) is 11.3 Å². The molecule has 1 aliphatic rings. The van der Waals surface area contributed by atoms with E-state index in [1.54, 1.807) is 18.2 Å². The Hall–Kier alpha value is -2.08. The summed E-state index contributed by atoms with van der Waals surface area (Å²) in [4.78, 5) is 12.0. The Kier molecular flexibility index (Phi) is 3.79. The van der Waals surface area contributed by atoms with Crippen LogP contribution in [0.2, 0.25) is 0 Å². The number of rotatable bonds is 2. The first-order chi connectivity index (χ1) is 10.1. The van der Waals surface area contributed by atoms with Crippen LogP contribution in [0, 0.1) is 5.82 Å². The third-order valence-corrected chi connectivity index (χ3v) is 3.37. The molecule has 0 spiro atoms. The van der Waals surface area contributed by atoms with Crippen molar-refractivity contribution in [2.45, 2.75) is 0 Å². The van der Waals surface area contributed by atoms with E-state index in [2.05, 4.69) is 15.9 Å². The first-order valence-electron chi connectivity index (χ1n) is 6.20. The van der Waals surface area contributed by atoms with Gasteiger partial charge in [0.05, 0.1) is 5.56 Å². The average molecular weight is 353 g/mol. The summed E-state index contributed by atoms with van der Waals surface area (Å²) in [6.45, 7) is 0.917. The summed E-state index contributed by atoms with van der Waals surface area (Å²) in [5, 5.41) is 0. The number of halogens is 2. The predicted molar refractivity (Wildman–Crippen MR) is 76.5 cm³/mol. The number of ether oxygens (including phenoxy) is 3. The van der Waals surface area contributed by atoms with Crippen LogP contribution in [0.4, 0.5) is 4.39 Å². The summed E-state index contributed by atoms with van der Waals surface area (Å²) in [6, 6.07) is 8.84. The van der Waals surface area contributed by atoms with Crippen LogP contribution in [-0.4, -0.2) is 19.2 Å². The molecule has 0 N–H and O–H groups in total. The molecule has 1 heterocycles. The third kappa shape index (κ3) is 3.00. The summed E-state index contributed by atoms with van der Waals surface area (Å²) in [5.74, 6) is -0.0502. The Bertz CT molecular complexity index is 702. The molecule has 1 aliphatic heterocycles. The standard InChI is InChI=1S/C15H10BrFO4/c16-9-1-3-12(17)11(7-9)15(18)21-10-2-4-13-14(8-10)20-6-5-19-13/h1-4,7-8H,5-6H2. The molecule has 0 amide bonds. The lowest BCUT2D eigenvalue weighted by Crippen LogP contribution is -2.16. The highest BCUT2D eigenvalue weighted by Gasteiger charge is 2.17. The highest BCUT2D eigenvalue weighted by Crippen LogP contribution is 2.33. The van der Waals surface area contributed by atoms with Crippen LogP contribution in [-0.2, 0) is 0 Å². The molecule has 6 heteroatoms. The van der Waals surface area contributed by atoms with Crippen molar-refractivity contribution < 1.29 is 23.4 Å². The molecule has 2 aromatic rings. The van der Waals surface area contributed by atoms with Crippen LogP contribution in [0.1, 0.15) is 10.4 Å². The molecule has 0 atom stereocenters. The minimum atomic E-state index is -0.773. The predicted octanol–water partition coefficient (Wildman–Crippen LogP) is 3.58. The fourth-order valence-corrected chi connectivity index (χ4v) is 2.26. The lowest BCUT2D eigenvalue weighted by atomic mass is 10.2. The van der Waals surface area contributed by atoms with E-state index in [1.165, 1.54) is 18.2 Å². The van der Waals surface area contributed by atoms with Crippen LogP contribution in [0.15, 0.2) is 40.9 Å². The van der Waals surface area contributed by atoms with Crippen LogP contribution >= 0.6 is 15.9 Å². The number of carbonyl (C=O) groups is 1. The van der Waals surface area contributed by atoms with Crippen molar-refractivity contribution >= 4 is 21.9 Å². The summed E-state index contributed by atoms with van der Waals surface area (Å²) >= 11 is 3.19. The highest BCUT2D eigenvalue weighted by atomic mass is 79.9. The third-order valence-electron chi connectivity index (χ3n) is 2.87. The molecular weight excluding hydrogens is 343 g/mol. The summed E-state index contributed by atoms with van der Waals surface area (Å²) in [5.41, 5.74) is -0.140. The molecular formula is C15H10BrFO4. The number of esters is 1. The van der Waals surface area contributed by atoms with Gasteiger partial charge >= 0.3 is 5.97 Å². The summed E-state index contributed by atoms with van der Waals surface area (Å²) in [7, 11) is 0. The van der Waals surface area contributed by atoms with Crippen LogP contribution in [0.3, 0.4) is 0 Å². The molecule has 0 saturated carbocycles. The minimum Gasteiger partial charge on any atom is -0.486 e. The molecule has 108 valence electrons. The van der Waals surface area contributed by atoms with Gasteiger partial charge in [0.25, 0.3) is 0 Å². The highest BCUT2D eigenvalue weighted by molar-refractivity contribution is 9.10. The maximum Gasteiger partial charge on any atom is 0.346 e. The number of hydrogen-bond donors (Lipinski definition) is 0. The van der Waals surface area contributed by atoms with Gasteiger partial charge in [0.2, 0.25) is 0 Å². The van der Waals surface area contributed by atoms with E-state index in [0.717, 1.165) is 0 Å². The second-order valence-electron chi connectivity index (χ2n) is 4.32. The molecule has 2 aromatic carbocycles. The topological polar surface area (TPSA) is 44.8 Å². The van der Waals surface area contributed by atoms with Crippen molar-refractivity contribution in [3.8, 4) is 17.2 Å². The van der Waals surface area contributed by atoms with Gasteiger partial charge in [-0.1, -0.05) is 15.9 Å². The maximum absolute atomic E-state index is 13.6.